The van der Waals surface area contributed by atoms with E-state index in [2.05, 4.69) is 64.1 Å². The number of carbonyl (C=O) groups excluding carboxylic acids is 1. The van der Waals surface area contributed by atoms with Gasteiger partial charge in [0.15, 0.2) is 0 Å². The molecule has 1 heterocycles. The van der Waals surface area contributed by atoms with Crippen molar-refractivity contribution < 1.29 is 9.90 Å². The molecule has 38 heavy (non-hydrogen) atoms. The molecule has 5 aromatic rings. The molecule has 0 aliphatic carbocycles. The summed E-state index contributed by atoms with van der Waals surface area (Å²) >= 11 is 0. The van der Waals surface area contributed by atoms with Crippen LogP contribution in [-0.2, 0) is 17.8 Å². The fourth-order valence-corrected chi connectivity index (χ4v) is 4.81. The average Bonchev–Trinajstić information content (AvgIpc) is 3.29. The van der Waals surface area contributed by atoms with E-state index in [1.807, 2.05) is 54.6 Å². The third-order valence-corrected chi connectivity index (χ3v) is 6.55. The van der Waals surface area contributed by atoms with Crippen LogP contribution >= 0.6 is 0 Å². The molecule has 1 amide bonds. The van der Waals surface area contributed by atoms with E-state index in [4.69, 9.17) is 0 Å². The minimum atomic E-state index is -0.207. The first-order chi connectivity index (χ1) is 18.7. The standard InChI is InChI=1S/C33H29N3O2/c1-2-12-26-17-11-18-27(33(26)38)23-34-35-30(37)21-22-36-29-20-10-9-19-28(29)31(24-13-5-3-6-14-24)32(36)25-15-7-4-8-16-25/h2-11,13-20,23,38H,1,12,21-22H2,(H,35,37). The Kier molecular flexibility index (Phi) is 7.46. The maximum atomic E-state index is 12.8. The number of hydrazone groups is 1. The zero-order valence-electron chi connectivity index (χ0n) is 21.0. The number of nitrogens with zero attached hydrogens (tertiary/aromatic N) is 2. The summed E-state index contributed by atoms with van der Waals surface area (Å²) in [4.78, 5) is 12.8. The second kappa shape index (κ2) is 11.4. The van der Waals surface area contributed by atoms with E-state index < -0.39 is 0 Å². The molecule has 0 saturated heterocycles. The van der Waals surface area contributed by atoms with Gasteiger partial charge < -0.3 is 9.67 Å². The van der Waals surface area contributed by atoms with Crippen molar-refractivity contribution in [3.05, 3.63) is 127 Å². The summed E-state index contributed by atoms with van der Waals surface area (Å²) in [7, 11) is 0. The summed E-state index contributed by atoms with van der Waals surface area (Å²) in [6.07, 6.45) is 4.00. The number of allylic oxidation sites excluding steroid dienone is 1. The maximum absolute atomic E-state index is 12.8. The quantitative estimate of drug-likeness (QED) is 0.131. The number of aryl methyl sites for hydroxylation is 1. The van der Waals surface area contributed by atoms with Crippen LogP contribution in [0.2, 0.25) is 0 Å². The zero-order valence-corrected chi connectivity index (χ0v) is 21.0. The molecule has 5 nitrogen and oxygen atoms in total. The number of phenols is 1. The number of aromatic nitrogens is 1. The van der Waals surface area contributed by atoms with Gasteiger partial charge in [-0.3, -0.25) is 4.79 Å². The number of fused-ring (bicyclic) bond motifs is 1. The van der Waals surface area contributed by atoms with Crippen molar-refractivity contribution >= 4 is 23.0 Å². The predicted molar refractivity (Wildman–Crippen MR) is 155 cm³/mol. The van der Waals surface area contributed by atoms with Gasteiger partial charge in [-0.1, -0.05) is 97.1 Å². The molecule has 0 bridgehead atoms. The molecule has 2 N–H and O–H groups in total. The summed E-state index contributed by atoms with van der Waals surface area (Å²) in [5.74, 6) is -0.0637. The maximum Gasteiger partial charge on any atom is 0.241 e. The van der Waals surface area contributed by atoms with Crippen LogP contribution in [0.25, 0.3) is 33.3 Å². The lowest BCUT2D eigenvalue weighted by Crippen LogP contribution is -2.19. The Morgan fingerprint density at radius 2 is 1.55 bits per heavy atom. The van der Waals surface area contributed by atoms with Gasteiger partial charge in [0.05, 0.1) is 11.9 Å². The minimum absolute atomic E-state index is 0.144. The highest BCUT2D eigenvalue weighted by molar-refractivity contribution is 6.04. The van der Waals surface area contributed by atoms with Crippen LogP contribution < -0.4 is 5.43 Å². The monoisotopic (exact) mass is 499 g/mol. The van der Waals surface area contributed by atoms with Crippen LogP contribution in [0.15, 0.2) is 121 Å². The first kappa shape index (κ1) is 24.8. The Morgan fingerprint density at radius 1 is 0.868 bits per heavy atom. The Bertz CT molecular complexity index is 1600. The number of rotatable bonds is 9. The van der Waals surface area contributed by atoms with E-state index in [0.717, 1.165) is 38.9 Å². The fourth-order valence-electron chi connectivity index (χ4n) is 4.81. The van der Waals surface area contributed by atoms with Gasteiger partial charge in [-0.25, -0.2) is 5.43 Å². The van der Waals surface area contributed by atoms with Gasteiger partial charge in [-0.15, -0.1) is 6.58 Å². The van der Waals surface area contributed by atoms with E-state index in [1.54, 1.807) is 12.1 Å². The van der Waals surface area contributed by atoms with Crippen LogP contribution in [0.1, 0.15) is 17.5 Å². The summed E-state index contributed by atoms with van der Waals surface area (Å²) < 4.78 is 2.22. The van der Waals surface area contributed by atoms with Crippen LogP contribution in [0.4, 0.5) is 0 Å². The number of hydrogen-bond acceptors (Lipinski definition) is 3. The smallest absolute Gasteiger partial charge is 0.241 e. The molecular formula is C33H29N3O2. The number of benzene rings is 4. The summed E-state index contributed by atoms with van der Waals surface area (Å²) in [5.41, 5.74) is 9.45. The van der Waals surface area contributed by atoms with E-state index in [-0.39, 0.29) is 18.1 Å². The van der Waals surface area contributed by atoms with Gasteiger partial charge in [0.25, 0.3) is 0 Å². The molecule has 0 radical (unpaired) electrons. The lowest BCUT2D eigenvalue weighted by Gasteiger charge is -2.13. The molecule has 0 aliphatic rings. The van der Waals surface area contributed by atoms with Crippen molar-refractivity contribution in [2.45, 2.75) is 19.4 Å². The minimum Gasteiger partial charge on any atom is -0.507 e. The van der Waals surface area contributed by atoms with Gasteiger partial charge in [-0.05, 0) is 35.2 Å². The van der Waals surface area contributed by atoms with Crippen LogP contribution in [0.3, 0.4) is 0 Å². The Morgan fingerprint density at radius 3 is 2.29 bits per heavy atom. The number of nitrogens with one attached hydrogen (secondary N) is 1. The molecule has 0 fully saturated rings. The fraction of sp³-hybridized carbons (Fsp3) is 0.0909. The molecule has 0 spiro atoms. The molecular weight excluding hydrogens is 470 g/mol. The topological polar surface area (TPSA) is 66.6 Å². The third kappa shape index (κ3) is 5.13. The van der Waals surface area contributed by atoms with E-state index >= 15 is 0 Å². The van der Waals surface area contributed by atoms with Gasteiger partial charge in [0.2, 0.25) is 5.91 Å². The number of hydrogen-bond donors (Lipinski definition) is 2. The Hall–Kier alpha value is -4.90. The SMILES string of the molecule is C=CCc1cccc(C=NNC(=O)CCn2c(-c3ccccc3)c(-c3ccccc3)c3ccccc32)c1O. The van der Waals surface area contributed by atoms with Gasteiger partial charge in [0.1, 0.15) is 5.75 Å². The first-order valence-electron chi connectivity index (χ1n) is 12.6. The molecule has 0 unspecified atom stereocenters. The van der Waals surface area contributed by atoms with Crippen molar-refractivity contribution in [1.82, 2.24) is 9.99 Å². The Labute approximate surface area is 222 Å². The van der Waals surface area contributed by atoms with Crippen molar-refractivity contribution in [2.24, 2.45) is 5.10 Å². The summed E-state index contributed by atoms with van der Waals surface area (Å²) in [6, 6.07) is 34.4. The van der Waals surface area contributed by atoms with Crippen LogP contribution in [-0.4, -0.2) is 21.8 Å². The van der Waals surface area contributed by atoms with Crippen molar-refractivity contribution in [1.29, 1.82) is 0 Å². The third-order valence-electron chi connectivity index (χ3n) is 6.55. The number of carbonyl (C=O) groups is 1. The Balaban J connectivity index is 1.43. The molecule has 188 valence electrons. The molecule has 5 rings (SSSR count). The number of para-hydroxylation sites is 2. The van der Waals surface area contributed by atoms with Crippen LogP contribution in [0, 0.1) is 0 Å². The van der Waals surface area contributed by atoms with Gasteiger partial charge in [-0.2, -0.15) is 5.10 Å². The molecule has 0 atom stereocenters. The average molecular weight is 500 g/mol. The van der Waals surface area contributed by atoms with Crippen molar-refractivity contribution in [2.75, 3.05) is 0 Å². The number of aromatic hydroxyl groups is 1. The molecule has 4 aromatic carbocycles. The van der Waals surface area contributed by atoms with Crippen LogP contribution in [0.5, 0.6) is 5.75 Å². The normalized spacial score (nSPS) is 11.2. The highest BCUT2D eigenvalue weighted by atomic mass is 16.3. The largest absolute Gasteiger partial charge is 0.507 e. The molecule has 0 aliphatic heterocycles. The van der Waals surface area contributed by atoms with Gasteiger partial charge >= 0.3 is 0 Å². The molecule has 1 aromatic heterocycles. The van der Waals surface area contributed by atoms with E-state index in [1.165, 1.54) is 6.21 Å². The lowest BCUT2D eigenvalue weighted by atomic mass is 9.98. The summed E-state index contributed by atoms with van der Waals surface area (Å²) in [5, 5.41) is 15.7. The van der Waals surface area contributed by atoms with E-state index in [9.17, 15) is 9.90 Å². The second-order valence-corrected chi connectivity index (χ2v) is 9.02. The first-order valence-corrected chi connectivity index (χ1v) is 12.6. The van der Waals surface area contributed by atoms with E-state index in [0.29, 0.717) is 18.5 Å². The molecule has 0 saturated carbocycles. The summed E-state index contributed by atoms with van der Waals surface area (Å²) in [6.45, 7) is 4.20. The second-order valence-electron chi connectivity index (χ2n) is 9.02. The highest BCUT2D eigenvalue weighted by Crippen LogP contribution is 2.41. The molecule has 5 heteroatoms. The zero-order chi connectivity index (χ0) is 26.3. The lowest BCUT2D eigenvalue weighted by molar-refractivity contribution is -0.121. The van der Waals surface area contributed by atoms with Crippen molar-refractivity contribution in [3.8, 4) is 28.1 Å². The number of amides is 1. The number of phenolic OH excluding ortho intramolecular Hbond substituents is 1. The highest BCUT2D eigenvalue weighted by Gasteiger charge is 2.20. The van der Waals surface area contributed by atoms with Crippen molar-refractivity contribution in [3.63, 3.8) is 0 Å². The van der Waals surface area contributed by atoms with Gasteiger partial charge in [0, 0.05) is 35.0 Å². The predicted octanol–water partition coefficient (Wildman–Crippen LogP) is 6.95.